The first-order valence-electron chi connectivity index (χ1n) is 22.3. The highest BCUT2D eigenvalue weighted by Crippen LogP contribution is 2.47. The molecule has 374 valence electrons. The fourth-order valence-corrected chi connectivity index (χ4v) is 8.96. The van der Waals surface area contributed by atoms with E-state index in [-0.39, 0.29) is 69.1 Å². The summed E-state index contributed by atoms with van der Waals surface area (Å²) in [5, 5.41) is 22.1. The summed E-state index contributed by atoms with van der Waals surface area (Å²) in [5.41, 5.74) is -5.03. The molecular weight excluding hydrogens is 963 g/mol. The second-order valence-corrected chi connectivity index (χ2v) is 22.7. The maximum Gasteiger partial charge on any atom is 0.495 e. The van der Waals surface area contributed by atoms with Crippen LogP contribution >= 0.6 is 15.9 Å². The monoisotopic (exact) mass is 1030 g/mol. The SMILES string of the molecule is CC1(C)OB(B2OC(C)(C)C(C)(C)O2)OC1(C)C.Cc1nnc2n1-c1c(c(F)cc(B3OC(C)(C)C(C)(C)O3)c1C(F)F)NC2(C)C.Cc1nnc2n1-c1c(c(F)cc(Br)c1C(F)F)NC2(C)C.[HH].[HH]. The van der Waals surface area contributed by atoms with Crippen molar-refractivity contribution in [2.75, 3.05) is 10.6 Å². The average Bonchev–Trinajstić information content (AvgIpc) is 3.93. The number of hydrogen-bond donors (Lipinski definition) is 2. The van der Waals surface area contributed by atoms with Crippen LogP contribution in [0.1, 0.15) is 161 Å². The number of rotatable bonds is 4. The molecule has 9 rings (SSSR count). The first-order chi connectivity index (χ1) is 30.9. The molecule has 2 N–H and O–H groups in total. The fourth-order valence-electron chi connectivity index (χ4n) is 8.40. The largest absolute Gasteiger partial charge is 0.495 e. The zero-order chi connectivity index (χ0) is 51.0. The number of hydrogen-bond acceptors (Lipinski definition) is 12. The Labute approximate surface area is 406 Å². The van der Waals surface area contributed by atoms with Crippen molar-refractivity contribution < 1.29 is 57.1 Å². The molecule has 7 heterocycles. The Kier molecular flexibility index (Phi) is 12.8. The molecule has 5 aliphatic rings. The first kappa shape index (κ1) is 52.2. The molecule has 68 heavy (non-hydrogen) atoms. The van der Waals surface area contributed by atoms with Crippen LogP contribution in [0.15, 0.2) is 16.6 Å². The number of anilines is 2. The van der Waals surface area contributed by atoms with Crippen LogP contribution in [0.5, 0.6) is 0 Å². The number of nitrogens with zero attached hydrogens (tertiary/aromatic N) is 6. The normalized spacial score (nSPS) is 22.3. The van der Waals surface area contributed by atoms with Gasteiger partial charge in [0, 0.05) is 12.9 Å². The summed E-state index contributed by atoms with van der Waals surface area (Å²) in [5.74, 6) is 0.444. The van der Waals surface area contributed by atoms with Gasteiger partial charge in [0.2, 0.25) is 0 Å². The van der Waals surface area contributed by atoms with E-state index in [2.05, 4.69) is 47.0 Å². The number of halogens is 7. The van der Waals surface area contributed by atoms with Crippen molar-refractivity contribution in [3.05, 3.63) is 62.7 Å². The van der Waals surface area contributed by atoms with Gasteiger partial charge in [0.25, 0.3) is 12.9 Å². The van der Waals surface area contributed by atoms with Crippen LogP contribution in [0.2, 0.25) is 0 Å². The third-order valence-corrected chi connectivity index (χ3v) is 15.0. The molecule has 0 amide bonds. The average molecular weight is 1030 g/mol. The summed E-state index contributed by atoms with van der Waals surface area (Å²) in [4.78, 5) is 0. The van der Waals surface area contributed by atoms with Crippen LogP contribution < -0.4 is 16.1 Å². The molecule has 0 radical (unpaired) electrons. The van der Waals surface area contributed by atoms with Crippen molar-refractivity contribution in [3.8, 4) is 11.4 Å². The zero-order valence-electron chi connectivity index (χ0n) is 41.8. The predicted octanol–water partition coefficient (Wildman–Crippen LogP) is 10.4. The molecule has 2 aromatic heterocycles. The van der Waals surface area contributed by atoms with Gasteiger partial charge in [-0.15, -0.1) is 20.4 Å². The van der Waals surface area contributed by atoms with Gasteiger partial charge in [0.15, 0.2) is 11.6 Å². The van der Waals surface area contributed by atoms with Gasteiger partial charge in [-0.3, -0.25) is 9.13 Å². The lowest BCUT2D eigenvalue weighted by atomic mass is 9.49. The number of nitrogens with one attached hydrogen (secondary N) is 2. The van der Waals surface area contributed by atoms with E-state index in [1.807, 2.05) is 83.1 Å². The summed E-state index contributed by atoms with van der Waals surface area (Å²) in [7, 11) is -2.08. The van der Waals surface area contributed by atoms with Gasteiger partial charge in [0.1, 0.15) is 23.3 Å². The van der Waals surface area contributed by atoms with E-state index >= 15 is 4.39 Å². The van der Waals surface area contributed by atoms with Crippen molar-refractivity contribution in [1.82, 2.24) is 29.5 Å². The molecule has 0 unspecified atom stereocenters. The number of benzene rings is 2. The molecule has 14 nitrogen and oxygen atoms in total. The van der Waals surface area contributed by atoms with Gasteiger partial charge in [-0.2, -0.15) is 0 Å². The van der Waals surface area contributed by atoms with Crippen molar-refractivity contribution in [2.45, 2.75) is 182 Å². The number of fused-ring (bicyclic) bond motifs is 6. The van der Waals surface area contributed by atoms with Gasteiger partial charge >= 0.3 is 21.1 Å². The number of aryl methyl sites for hydroxylation is 2. The molecule has 5 aliphatic heterocycles. The van der Waals surface area contributed by atoms with Gasteiger partial charge in [-0.05, 0) is 142 Å². The molecule has 0 bridgehead atoms. The summed E-state index contributed by atoms with van der Waals surface area (Å²) in [6, 6.07) is 2.13. The third kappa shape index (κ3) is 8.58. The highest BCUT2D eigenvalue weighted by molar-refractivity contribution is 9.10. The summed E-state index contributed by atoms with van der Waals surface area (Å²) in [6.45, 7) is 33.9. The Morgan fingerprint density at radius 1 is 0.529 bits per heavy atom. The van der Waals surface area contributed by atoms with E-state index in [4.69, 9.17) is 27.9 Å². The number of alkyl halides is 4. The maximum absolute atomic E-state index is 15.2. The van der Waals surface area contributed by atoms with E-state index in [9.17, 15) is 22.0 Å². The Morgan fingerprint density at radius 2 is 0.853 bits per heavy atom. The minimum atomic E-state index is -2.89. The van der Waals surface area contributed by atoms with Crippen molar-refractivity contribution in [2.24, 2.45) is 0 Å². The molecular formula is C44H64B3BrF6N8O6. The van der Waals surface area contributed by atoms with Gasteiger partial charge in [0.05, 0.1) is 73.0 Å². The van der Waals surface area contributed by atoms with E-state index in [0.29, 0.717) is 23.3 Å². The Bertz CT molecular complexity index is 2570. The molecule has 2 aromatic carbocycles. The van der Waals surface area contributed by atoms with Crippen molar-refractivity contribution in [1.29, 1.82) is 0 Å². The molecule has 3 saturated heterocycles. The Hall–Kier alpha value is -3.67. The van der Waals surface area contributed by atoms with Gasteiger partial charge in [-0.25, -0.2) is 26.3 Å². The second kappa shape index (κ2) is 16.7. The molecule has 24 heteroatoms. The highest BCUT2D eigenvalue weighted by Gasteiger charge is 2.64. The van der Waals surface area contributed by atoms with Crippen LogP contribution in [0.3, 0.4) is 0 Å². The van der Waals surface area contributed by atoms with E-state index in [1.54, 1.807) is 41.5 Å². The number of aromatic nitrogens is 6. The minimum Gasteiger partial charge on any atom is -0.405 e. The fraction of sp³-hybridized carbons (Fsp3) is 0.636. The molecule has 0 saturated carbocycles. The summed E-state index contributed by atoms with van der Waals surface area (Å²) < 4.78 is 124. The highest BCUT2D eigenvalue weighted by atomic mass is 79.9. The van der Waals surface area contributed by atoms with E-state index in [0.717, 1.165) is 12.1 Å². The predicted molar refractivity (Wildman–Crippen MR) is 255 cm³/mol. The topological polar surface area (TPSA) is 141 Å². The first-order valence-corrected chi connectivity index (χ1v) is 23.1. The zero-order valence-corrected chi connectivity index (χ0v) is 43.4. The van der Waals surface area contributed by atoms with Gasteiger partial charge < -0.3 is 38.6 Å². The summed E-state index contributed by atoms with van der Waals surface area (Å²) in [6.07, 6.45) is -5.65. The summed E-state index contributed by atoms with van der Waals surface area (Å²) >= 11 is 3.02. The van der Waals surface area contributed by atoms with E-state index in [1.165, 1.54) is 9.13 Å². The maximum atomic E-state index is 15.2. The standard InChI is InChI=1S/C19H24BF3N4O2.C13H12BrF3N4.C12H24B2O4.2H2/c1-9-25-26-16-17(2,3)24-13-11(21)8-10(12(15(22)23)14(13)27(9)16)20-28-18(4,5)19(6,7)29-20;1-5-19-20-12-13(2,3)18-9-7(15)4-6(14)8(11(16)17)10(9)21(5)12;1-9(2)10(3,4)16-13(15-9)14-17-11(5,6)12(7,8)18-14;;/h8,15,24H,1-7H3;4,11,18H,1-3H3;1-8H3;2*1H. The minimum absolute atomic E-state index is 0. The van der Waals surface area contributed by atoms with Crippen molar-refractivity contribution in [3.63, 3.8) is 0 Å². The van der Waals surface area contributed by atoms with Crippen LogP contribution in [0, 0.1) is 25.5 Å². The smallest absolute Gasteiger partial charge is 0.405 e. The third-order valence-electron chi connectivity index (χ3n) is 14.4. The van der Waals surface area contributed by atoms with Crippen LogP contribution in [0.25, 0.3) is 11.4 Å². The molecule has 0 spiro atoms. The quantitative estimate of drug-likeness (QED) is 0.149. The molecule has 4 aromatic rings. The van der Waals surface area contributed by atoms with Crippen LogP contribution in [-0.2, 0) is 39.0 Å². The second-order valence-electron chi connectivity index (χ2n) is 21.8. The lowest BCUT2D eigenvalue weighted by Crippen LogP contribution is -2.42. The lowest BCUT2D eigenvalue weighted by Gasteiger charge is -2.35. The van der Waals surface area contributed by atoms with Crippen molar-refractivity contribution >= 4 is 53.9 Å². The Morgan fingerprint density at radius 3 is 1.21 bits per heavy atom. The van der Waals surface area contributed by atoms with Gasteiger partial charge in [-0.1, -0.05) is 15.9 Å². The Balaban J connectivity index is 0.000000199. The molecule has 3 fully saturated rings. The molecule has 0 atom stereocenters. The molecule has 0 aliphatic carbocycles. The van der Waals surface area contributed by atoms with E-state index < -0.39 is 67.9 Å². The lowest BCUT2D eigenvalue weighted by molar-refractivity contribution is 0.00578. The van der Waals surface area contributed by atoms with Crippen LogP contribution in [0.4, 0.5) is 37.7 Å². The van der Waals surface area contributed by atoms with Crippen LogP contribution in [-0.4, -0.2) is 84.3 Å².